The molecular formula is C15H17ClN4O3. The highest BCUT2D eigenvalue weighted by molar-refractivity contribution is 6.31. The fourth-order valence-corrected chi connectivity index (χ4v) is 2.20. The molecule has 23 heavy (non-hydrogen) atoms. The second-order valence-electron chi connectivity index (χ2n) is 5.25. The average molecular weight is 337 g/mol. The molecule has 0 unspecified atom stereocenters. The number of carbonyl (C=O) groups excluding carboxylic acids is 1. The van der Waals surface area contributed by atoms with E-state index in [9.17, 15) is 9.59 Å². The molecule has 2 aromatic rings. The zero-order valence-electron chi connectivity index (χ0n) is 12.7. The SMILES string of the molecule is CC(C)Nc1ccc(Cl)cc1NC(=O)Cn1cncc1C(=O)O. The van der Waals surface area contributed by atoms with Crippen molar-refractivity contribution in [3.8, 4) is 0 Å². The number of amides is 1. The van der Waals surface area contributed by atoms with E-state index >= 15 is 0 Å². The molecule has 0 aliphatic heterocycles. The van der Waals surface area contributed by atoms with E-state index in [1.807, 2.05) is 13.8 Å². The van der Waals surface area contributed by atoms with Crippen LogP contribution < -0.4 is 10.6 Å². The van der Waals surface area contributed by atoms with Crippen LogP contribution in [-0.4, -0.2) is 32.6 Å². The van der Waals surface area contributed by atoms with Gasteiger partial charge in [0.05, 0.1) is 23.9 Å². The number of aromatic carboxylic acids is 1. The molecule has 1 aromatic heterocycles. The van der Waals surface area contributed by atoms with E-state index in [2.05, 4.69) is 15.6 Å². The first kappa shape index (κ1) is 16.8. The van der Waals surface area contributed by atoms with E-state index in [-0.39, 0.29) is 24.2 Å². The summed E-state index contributed by atoms with van der Waals surface area (Å²) in [5.41, 5.74) is 1.22. The number of imidazole rings is 1. The maximum atomic E-state index is 12.2. The lowest BCUT2D eigenvalue weighted by molar-refractivity contribution is -0.116. The van der Waals surface area contributed by atoms with Gasteiger partial charge in [0, 0.05) is 11.1 Å². The van der Waals surface area contributed by atoms with Crippen LogP contribution in [0.2, 0.25) is 5.02 Å². The molecule has 0 radical (unpaired) electrons. The molecule has 8 heteroatoms. The predicted molar refractivity (Wildman–Crippen MR) is 88.0 cm³/mol. The number of nitrogens with zero attached hydrogens (tertiary/aromatic N) is 2. The molecule has 1 amide bonds. The van der Waals surface area contributed by atoms with E-state index < -0.39 is 5.97 Å². The number of rotatable bonds is 6. The van der Waals surface area contributed by atoms with Gasteiger partial charge in [0.1, 0.15) is 12.2 Å². The van der Waals surface area contributed by atoms with Crippen molar-refractivity contribution in [3.05, 3.63) is 41.4 Å². The van der Waals surface area contributed by atoms with Crippen molar-refractivity contribution in [2.45, 2.75) is 26.4 Å². The first-order valence-corrected chi connectivity index (χ1v) is 7.34. The number of carboxylic acids is 1. The molecule has 0 spiro atoms. The second kappa shape index (κ2) is 7.15. The molecule has 0 atom stereocenters. The predicted octanol–water partition coefficient (Wildman–Crippen LogP) is 2.69. The Hall–Kier alpha value is -2.54. The standard InChI is InChI=1S/C15H17ClN4O3/c1-9(2)18-11-4-3-10(16)5-12(11)19-14(21)7-20-8-17-6-13(20)15(22)23/h3-6,8-9,18H,7H2,1-2H3,(H,19,21)(H,22,23). The number of aromatic nitrogens is 2. The third-order valence-corrected chi connectivity index (χ3v) is 3.18. The lowest BCUT2D eigenvalue weighted by atomic mass is 10.2. The van der Waals surface area contributed by atoms with Crippen LogP contribution in [0.3, 0.4) is 0 Å². The fourth-order valence-electron chi connectivity index (χ4n) is 2.03. The highest BCUT2D eigenvalue weighted by atomic mass is 35.5. The quantitative estimate of drug-likeness (QED) is 0.753. The van der Waals surface area contributed by atoms with Crippen LogP contribution >= 0.6 is 11.6 Å². The molecule has 0 aliphatic rings. The van der Waals surface area contributed by atoms with Crippen LogP contribution in [0.5, 0.6) is 0 Å². The summed E-state index contributed by atoms with van der Waals surface area (Å²) in [7, 11) is 0. The van der Waals surface area contributed by atoms with Gasteiger partial charge in [-0.15, -0.1) is 0 Å². The topological polar surface area (TPSA) is 96.2 Å². The van der Waals surface area contributed by atoms with Gasteiger partial charge in [0.25, 0.3) is 0 Å². The van der Waals surface area contributed by atoms with Crippen LogP contribution in [0, 0.1) is 0 Å². The summed E-state index contributed by atoms with van der Waals surface area (Å²) in [5, 5.41) is 15.4. The largest absolute Gasteiger partial charge is 0.477 e. The number of hydrogen-bond acceptors (Lipinski definition) is 4. The van der Waals surface area contributed by atoms with Gasteiger partial charge >= 0.3 is 5.97 Å². The van der Waals surface area contributed by atoms with Gasteiger partial charge < -0.3 is 20.3 Å². The minimum Gasteiger partial charge on any atom is -0.477 e. The fraction of sp³-hybridized carbons (Fsp3) is 0.267. The lowest BCUT2D eigenvalue weighted by Crippen LogP contribution is -2.22. The van der Waals surface area contributed by atoms with E-state index in [1.54, 1.807) is 18.2 Å². The molecule has 3 N–H and O–H groups in total. The van der Waals surface area contributed by atoms with Crippen molar-refractivity contribution in [1.29, 1.82) is 0 Å². The number of carbonyl (C=O) groups is 2. The van der Waals surface area contributed by atoms with Gasteiger partial charge in [-0.25, -0.2) is 9.78 Å². The second-order valence-corrected chi connectivity index (χ2v) is 5.69. The molecule has 122 valence electrons. The number of hydrogen-bond donors (Lipinski definition) is 3. The smallest absolute Gasteiger partial charge is 0.354 e. The summed E-state index contributed by atoms with van der Waals surface area (Å²) in [5.74, 6) is -1.51. The Bertz CT molecular complexity index is 727. The summed E-state index contributed by atoms with van der Waals surface area (Å²) >= 11 is 5.97. The van der Waals surface area contributed by atoms with Crippen LogP contribution in [0.15, 0.2) is 30.7 Å². The summed E-state index contributed by atoms with van der Waals surface area (Å²) in [6, 6.07) is 5.31. The minimum absolute atomic E-state index is 0.0493. The van der Waals surface area contributed by atoms with Gasteiger partial charge in [-0.2, -0.15) is 0 Å². The maximum Gasteiger partial charge on any atom is 0.354 e. The molecule has 0 fully saturated rings. The zero-order chi connectivity index (χ0) is 17.0. The van der Waals surface area contributed by atoms with Crippen LogP contribution in [0.1, 0.15) is 24.3 Å². The highest BCUT2D eigenvalue weighted by Crippen LogP contribution is 2.26. The Labute approximate surface area is 138 Å². The van der Waals surface area contributed by atoms with Gasteiger partial charge in [-0.3, -0.25) is 4.79 Å². The lowest BCUT2D eigenvalue weighted by Gasteiger charge is -2.16. The number of halogens is 1. The third kappa shape index (κ3) is 4.46. The van der Waals surface area contributed by atoms with Crippen LogP contribution in [-0.2, 0) is 11.3 Å². The van der Waals surface area contributed by atoms with Crippen LogP contribution in [0.4, 0.5) is 11.4 Å². The molecular weight excluding hydrogens is 320 g/mol. The number of anilines is 2. The molecule has 0 saturated carbocycles. The van der Waals surface area contributed by atoms with Gasteiger partial charge in [-0.1, -0.05) is 11.6 Å². The van der Waals surface area contributed by atoms with Crippen molar-refractivity contribution in [1.82, 2.24) is 9.55 Å². The van der Waals surface area contributed by atoms with Gasteiger partial charge in [-0.05, 0) is 32.0 Å². The average Bonchev–Trinajstić information content (AvgIpc) is 2.89. The molecule has 0 bridgehead atoms. The summed E-state index contributed by atoms with van der Waals surface area (Å²) in [6.45, 7) is 3.80. The molecule has 0 aliphatic carbocycles. The number of nitrogens with one attached hydrogen (secondary N) is 2. The Morgan fingerprint density at radius 1 is 1.35 bits per heavy atom. The van der Waals surface area contributed by atoms with Crippen molar-refractivity contribution < 1.29 is 14.7 Å². The zero-order valence-corrected chi connectivity index (χ0v) is 13.5. The summed E-state index contributed by atoms with van der Waals surface area (Å²) in [6.07, 6.45) is 2.50. The van der Waals surface area contributed by atoms with Gasteiger partial charge in [0.2, 0.25) is 5.91 Å². The molecule has 0 saturated heterocycles. The summed E-state index contributed by atoms with van der Waals surface area (Å²) in [4.78, 5) is 26.9. The summed E-state index contributed by atoms with van der Waals surface area (Å²) < 4.78 is 1.26. The van der Waals surface area contributed by atoms with Crippen LogP contribution in [0.25, 0.3) is 0 Å². The van der Waals surface area contributed by atoms with Crippen molar-refractivity contribution >= 4 is 34.9 Å². The first-order valence-electron chi connectivity index (χ1n) is 6.96. The Morgan fingerprint density at radius 2 is 2.09 bits per heavy atom. The van der Waals surface area contributed by atoms with E-state index in [1.165, 1.54) is 17.1 Å². The minimum atomic E-state index is -1.14. The molecule has 1 heterocycles. The number of benzene rings is 1. The molecule has 1 aromatic carbocycles. The van der Waals surface area contributed by atoms with Crippen molar-refractivity contribution in [2.75, 3.05) is 10.6 Å². The highest BCUT2D eigenvalue weighted by Gasteiger charge is 2.14. The third-order valence-electron chi connectivity index (χ3n) is 2.95. The maximum absolute atomic E-state index is 12.2. The number of carboxylic acid groups (broad SMARTS) is 1. The van der Waals surface area contributed by atoms with E-state index in [4.69, 9.17) is 16.7 Å². The van der Waals surface area contributed by atoms with E-state index in [0.29, 0.717) is 10.7 Å². The van der Waals surface area contributed by atoms with Crippen molar-refractivity contribution in [3.63, 3.8) is 0 Å². The van der Waals surface area contributed by atoms with E-state index in [0.717, 1.165) is 5.69 Å². The van der Waals surface area contributed by atoms with Gasteiger partial charge in [0.15, 0.2) is 0 Å². The Morgan fingerprint density at radius 3 is 2.74 bits per heavy atom. The Kier molecular flexibility index (Phi) is 5.23. The first-order chi connectivity index (χ1) is 10.9. The monoisotopic (exact) mass is 336 g/mol. The molecule has 2 rings (SSSR count). The molecule has 7 nitrogen and oxygen atoms in total. The normalized spacial score (nSPS) is 10.6. The van der Waals surface area contributed by atoms with Crippen molar-refractivity contribution in [2.24, 2.45) is 0 Å². The Balaban J connectivity index is 2.15.